The van der Waals surface area contributed by atoms with Gasteiger partial charge in [-0.3, -0.25) is 10.1 Å². The molecule has 0 aliphatic heterocycles. The zero-order valence-electron chi connectivity index (χ0n) is 12.1. The van der Waals surface area contributed by atoms with E-state index >= 15 is 0 Å². The molecule has 0 saturated heterocycles. The van der Waals surface area contributed by atoms with E-state index in [4.69, 9.17) is 0 Å². The van der Waals surface area contributed by atoms with Gasteiger partial charge in [0.1, 0.15) is 0 Å². The van der Waals surface area contributed by atoms with Crippen LogP contribution in [0.15, 0.2) is 18.2 Å². The molecule has 2 rings (SSSR count). The van der Waals surface area contributed by atoms with E-state index in [-0.39, 0.29) is 0 Å². The van der Waals surface area contributed by atoms with E-state index in [2.05, 4.69) is 26.1 Å². The predicted molar refractivity (Wildman–Crippen MR) is 77.3 cm³/mol. The number of halogens is 1. The molecule has 0 radical (unpaired) electrons. The molecule has 20 heavy (non-hydrogen) atoms. The van der Waals surface area contributed by atoms with Crippen molar-refractivity contribution in [3.8, 4) is 0 Å². The third-order valence-electron chi connectivity index (χ3n) is 4.19. The van der Waals surface area contributed by atoms with E-state index in [9.17, 15) is 14.5 Å². The van der Waals surface area contributed by atoms with E-state index < -0.39 is 16.4 Å². The van der Waals surface area contributed by atoms with Crippen molar-refractivity contribution in [3.05, 3.63) is 34.1 Å². The number of hydrogen-bond acceptors (Lipinski definition) is 3. The first kappa shape index (κ1) is 14.8. The molecule has 0 bridgehead atoms. The van der Waals surface area contributed by atoms with Crippen LogP contribution in [0.25, 0.3) is 0 Å². The lowest BCUT2D eigenvalue weighted by Crippen LogP contribution is -2.36. The van der Waals surface area contributed by atoms with Crippen molar-refractivity contribution in [2.45, 2.75) is 46.1 Å². The van der Waals surface area contributed by atoms with Crippen LogP contribution in [0.2, 0.25) is 0 Å². The lowest BCUT2D eigenvalue weighted by Gasteiger charge is -2.40. The first-order valence-electron chi connectivity index (χ1n) is 6.99. The number of rotatable bonds is 3. The Morgan fingerprint density at radius 3 is 2.70 bits per heavy atom. The minimum absolute atomic E-state index is 0.295. The van der Waals surface area contributed by atoms with Gasteiger partial charge in [-0.2, -0.15) is 4.39 Å². The van der Waals surface area contributed by atoms with Crippen molar-refractivity contribution < 1.29 is 9.31 Å². The van der Waals surface area contributed by atoms with Crippen LogP contribution in [-0.2, 0) is 0 Å². The van der Waals surface area contributed by atoms with Crippen LogP contribution in [0, 0.1) is 27.3 Å². The summed E-state index contributed by atoms with van der Waals surface area (Å²) < 4.78 is 13.6. The van der Waals surface area contributed by atoms with Gasteiger partial charge in [0, 0.05) is 23.9 Å². The summed E-state index contributed by atoms with van der Waals surface area (Å²) in [6.07, 6.45) is 3.29. The Morgan fingerprint density at radius 1 is 1.45 bits per heavy atom. The number of anilines is 1. The number of hydrogen-bond donors (Lipinski definition) is 1. The van der Waals surface area contributed by atoms with Crippen molar-refractivity contribution in [1.82, 2.24) is 0 Å². The van der Waals surface area contributed by atoms with E-state index in [0.717, 1.165) is 19.3 Å². The van der Waals surface area contributed by atoms with Gasteiger partial charge < -0.3 is 5.32 Å². The number of nitrogens with one attached hydrogen (secondary N) is 1. The van der Waals surface area contributed by atoms with Gasteiger partial charge in [0.2, 0.25) is 5.82 Å². The quantitative estimate of drug-likeness (QED) is 0.661. The van der Waals surface area contributed by atoms with E-state index in [1.54, 1.807) is 6.07 Å². The van der Waals surface area contributed by atoms with Crippen LogP contribution >= 0.6 is 0 Å². The van der Waals surface area contributed by atoms with E-state index in [1.807, 2.05) is 0 Å². The van der Waals surface area contributed by atoms with Gasteiger partial charge in [0.05, 0.1) is 4.92 Å². The van der Waals surface area contributed by atoms with Crippen molar-refractivity contribution in [2.75, 3.05) is 5.32 Å². The highest BCUT2D eigenvalue weighted by Crippen LogP contribution is 2.39. The fraction of sp³-hybridized carbons (Fsp3) is 0.600. The summed E-state index contributed by atoms with van der Waals surface area (Å²) in [5.74, 6) is -0.291. The predicted octanol–water partition coefficient (Wildman–Crippen LogP) is 4.36. The average Bonchev–Trinajstić information content (AvgIpc) is 2.32. The zero-order valence-corrected chi connectivity index (χ0v) is 12.1. The van der Waals surface area contributed by atoms with Crippen LogP contribution in [0.3, 0.4) is 0 Å². The summed E-state index contributed by atoms with van der Waals surface area (Å²) in [5, 5.41) is 13.9. The molecule has 2 unspecified atom stereocenters. The Labute approximate surface area is 118 Å². The molecule has 0 heterocycles. The summed E-state index contributed by atoms with van der Waals surface area (Å²) in [5.41, 5.74) is 0.497. The maximum Gasteiger partial charge on any atom is 0.304 e. The van der Waals surface area contributed by atoms with Crippen LogP contribution in [0.1, 0.15) is 40.0 Å². The van der Waals surface area contributed by atoms with Gasteiger partial charge in [-0.1, -0.05) is 20.8 Å². The van der Waals surface area contributed by atoms with Gasteiger partial charge in [-0.25, -0.2) is 0 Å². The van der Waals surface area contributed by atoms with Crippen LogP contribution in [0.5, 0.6) is 0 Å². The van der Waals surface area contributed by atoms with Crippen LogP contribution in [0.4, 0.5) is 15.8 Å². The summed E-state index contributed by atoms with van der Waals surface area (Å²) >= 11 is 0. The molecule has 1 saturated carbocycles. The minimum atomic E-state index is -0.788. The highest BCUT2D eigenvalue weighted by Gasteiger charge is 2.32. The second-order valence-corrected chi connectivity index (χ2v) is 6.56. The van der Waals surface area contributed by atoms with Crippen molar-refractivity contribution >= 4 is 11.4 Å². The topological polar surface area (TPSA) is 55.2 Å². The molecule has 5 heteroatoms. The van der Waals surface area contributed by atoms with E-state index in [1.165, 1.54) is 12.1 Å². The standard InChI is InChI=1S/C15H21FN2O2/c1-10-9-15(2,3)7-6-13(10)17-11-4-5-14(18(19)20)12(16)8-11/h4-5,8,10,13,17H,6-7,9H2,1-3H3. The molecule has 1 aromatic rings. The summed E-state index contributed by atoms with van der Waals surface area (Å²) in [4.78, 5) is 9.89. The lowest BCUT2D eigenvalue weighted by atomic mass is 9.70. The molecular weight excluding hydrogens is 259 g/mol. The van der Waals surface area contributed by atoms with Crippen molar-refractivity contribution in [3.63, 3.8) is 0 Å². The van der Waals surface area contributed by atoms with E-state index in [0.29, 0.717) is 23.1 Å². The Kier molecular flexibility index (Phi) is 3.97. The maximum absolute atomic E-state index is 13.6. The van der Waals surface area contributed by atoms with Crippen LogP contribution in [-0.4, -0.2) is 11.0 Å². The Hall–Kier alpha value is -1.65. The molecule has 0 aromatic heterocycles. The second-order valence-electron chi connectivity index (χ2n) is 6.56. The summed E-state index contributed by atoms with van der Waals surface area (Å²) in [7, 11) is 0. The second kappa shape index (κ2) is 5.38. The highest BCUT2D eigenvalue weighted by atomic mass is 19.1. The lowest BCUT2D eigenvalue weighted by molar-refractivity contribution is -0.387. The third kappa shape index (κ3) is 3.26. The number of nitro benzene ring substituents is 1. The monoisotopic (exact) mass is 280 g/mol. The van der Waals surface area contributed by atoms with Crippen molar-refractivity contribution in [2.24, 2.45) is 11.3 Å². The molecule has 1 aliphatic carbocycles. The van der Waals surface area contributed by atoms with Gasteiger partial charge in [-0.15, -0.1) is 0 Å². The van der Waals surface area contributed by atoms with Crippen LogP contribution < -0.4 is 5.32 Å². The molecule has 4 nitrogen and oxygen atoms in total. The Morgan fingerprint density at radius 2 is 2.15 bits per heavy atom. The van der Waals surface area contributed by atoms with Gasteiger partial charge in [0.25, 0.3) is 0 Å². The SMILES string of the molecule is CC1CC(C)(C)CCC1Nc1ccc([N+](=O)[O-])c(F)c1. The molecule has 1 aromatic carbocycles. The fourth-order valence-electron chi connectivity index (χ4n) is 3.12. The van der Waals surface area contributed by atoms with Gasteiger partial charge >= 0.3 is 5.69 Å². The third-order valence-corrected chi connectivity index (χ3v) is 4.19. The van der Waals surface area contributed by atoms with Gasteiger partial charge in [-0.05, 0) is 36.7 Å². The molecule has 2 atom stereocenters. The normalized spacial score (nSPS) is 25.2. The molecule has 110 valence electrons. The smallest absolute Gasteiger partial charge is 0.304 e. The zero-order chi connectivity index (χ0) is 14.9. The summed E-state index contributed by atoms with van der Waals surface area (Å²) in [6, 6.07) is 4.30. The summed E-state index contributed by atoms with van der Waals surface area (Å²) in [6.45, 7) is 6.73. The minimum Gasteiger partial charge on any atom is -0.382 e. The number of benzene rings is 1. The molecule has 1 aliphatic rings. The Balaban J connectivity index is 2.07. The van der Waals surface area contributed by atoms with Gasteiger partial charge in [0.15, 0.2) is 0 Å². The molecule has 0 spiro atoms. The first-order valence-corrected chi connectivity index (χ1v) is 6.99. The fourth-order valence-corrected chi connectivity index (χ4v) is 3.12. The largest absolute Gasteiger partial charge is 0.382 e. The van der Waals surface area contributed by atoms with Crippen molar-refractivity contribution in [1.29, 1.82) is 0 Å². The first-order chi connectivity index (χ1) is 9.28. The highest BCUT2D eigenvalue weighted by molar-refractivity contribution is 5.50. The number of nitrogens with zero attached hydrogens (tertiary/aromatic N) is 1. The number of nitro groups is 1. The molecule has 0 amide bonds. The molecule has 1 N–H and O–H groups in total. The molecule has 1 fully saturated rings. The maximum atomic E-state index is 13.6. The Bertz CT molecular complexity index is 517. The average molecular weight is 280 g/mol. The molecular formula is C15H21FN2O2.